The molecule has 1 rings (SSSR count). The number of β-amino-alcohol motifs (C(OH)–C–C–N with tert-alkyl or cyclic N) is 1. The molecular weight excluding hydrogens is 170 g/mol. The summed E-state index contributed by atoms with van der Waals surface area (Å²) in [7, 11) is 0. The number of thiol groups is 1. The summed E-state index contributed by atoms with van der Waals surface area (Å²) in [5.74, 6) is 0.735. The summed E-state index contributed by atoms with van der Waals surface area (Å²) in [6.07, 6.45) is 0.868. The fraction of sp³-hybridized carbons (Fsp3) is 0.778. The highest BCUT2D eigenvalue weighted by atomic mass is 32.1. The van der Waals surface area contributed by atoms with Crippen LogP contribution in [0.5, 0.6) is 0 Å². The van der Waals surface area contributed by atoms with Gasteiger partial charge in [-0.05, 0) is 13.3 Å². The molecule has 1 saturated heterocycles. The third kappa shape index (κ3) is 2.81. The minimum atomic E-state index is -0.489. The molecule has 0 aromatic rings. The molecule has 1 atom stereocenters. The summed E-state index contributed by atoms with van der Waals surface area (Å²) in [4.78, 5) is 2.22. The maximum absolute atomic E-state index is 9.66. The summed E-state index contributed by atoms with van der Waals surface area (Å²) in [5.41, 5.74) is 0.632. The first-order valence-corrected chi connectivity index (χ1v) is 4.89. The molecule has 1 N–H and O–H groups in total. The second kappa shape index (κ2) is 3.81. The molecule has 0 aromatic carbocycles. The highest BCUT2D eigenvalue weighted by Gasteiger charge is 2.30. The highest BCUT2D eigenvalue weighted by molar-refractivity contribution is 7.80. The molecule has 1 aliphatic rings. The normalized spacial score (nSPS) is 30.9. The first-order valence-electron chi connectivity index (χ1n) is 4.26. The molecule has 0 bridgehead atoms. The van der Waals surface area contributed by atoms with E-state index in [0.717, 1.165) is 37.4 Å². The number of nitrogens with zero attached hydrogens (tertiary/aromatic N) is 1. The zero-order valence-corrected chi connectivity index (χ0v) is 8.48. The summed E-state index contributed by atoms with van der Waals surface area (Å²) in [6, 6.07) is 0. The molecular formula is C9H17NOS. The molecule has 1 unspecified atom stereocenters. The van der Waals surface area contributed by atoms with E-state index >= 15 is 0 Å². The number of aliphatic hydroxyl groups is 1. The van der Waals surface area contributed by atoms with Gasteiger partial charge in [-0.15, -0.1) is 0 Å². The van der Waals surface area contributed by atoms with Gasteiger partial charge in [0.05, 0.1) is 5.60 Å². The largest absolute Gasteiger partial charge is 0.389 e. The van der Waals surface area contributed by atoms with Crippen molar-refractivity contribution in [2.24, 2.45) is 0 Å². The minimum Gasteiger partial charge on any atom is -0.389 e. The highest BCUT2D eigenvalue weighted by Crippen LogP contribution is 2.20. The molecule has 0 aliphatic carbocycles. The van der Waals surface area contributed by atoms with E-state index in [-0.39, 0.29) is 0 Å². The number of hydrogen-bond donors (Lipinski definition) is 2. The number of likely N-dealkylation sites (tertiary alicyclic amines) is 1. The van der Waals surface area contributed by atoms with Gasteiger partial charge in [-0.1, -0.05) is 12.2 Å². The van der Waals surface area contributed by atoms with Gasteiger partial charge in [0, 0.05) is 25.4 Å². The van der Waals surface area contributed by atoms with Crippen molar-refractivity contribution in [3.05, 3.63) is 12.2 Å². The molecule has 1 aliphatic heterocycles. The van der Waals surface area contributed by atoms with Crippen molar-refractivity contribution in [3.8, 4) is 0 Å². The van der Waals surface area contributed by atoms with Gasteiger partial charge in [-0.25, -0.2) is 0 Å². The van der Waals surface area contributed by atoms with Crippen LogP contribution in [0.15, 0.2) is 12.2 Å². The molecule has 3 heteroatoms. The van der Waals surface area contributed by atoms with Crippen LogP contribution in [-0.2, 0) is 0 Å². The Morgan fingerprint density at radius 1 is 1.75 bits per heavy atom. The Kier molecular flexibility index (Phi) is 3.21. The van der Waals surface area contributed by atoms with Crippen LogP contribution in [0.4, 0.5) is 0 Å². The third-order valence-electron chi connectivity index (χ3n) is 2.20. The SMILES string of the molecule is C=C(CS)CN1CCC(C)(O)C1. The molecule has 1 heterocycles. The van der Waals surface area contributed by atoms with Crippen LogP contribution in [0.3, 0.4) is 0 Å². The zero-order valence-electron chi connectivity index (χ0n) is 7.58. The second-order valence-electron chi connectivity index (χ2n) is 3.87. The van der Waals surface area contributed by atoms with Gasteiger partial charge in [0.15, 0.2) is 0 Å². The Morgan fingerprint density at radius 2 is 2.42 bits per heavy atom. The van der Waals surface area contributed by atoms with E-state index < -0.39 is 5.60 Å². The molecule has 2 nitrogen and oxygen atoms in total. The van der Waals surface area contributed by atoms with Crippen LogP contribution in [0.1, 0.15) is 13.3 Å². The van der Waals surface area contributed by atoms with Crippen molar-refractivity contribution < 1.29 is 5.11 Å². The first kappa shape index (κ1) is 10.1. The zero-order chi connectivity index (χ0) is 9.19. The van der Waals surface area contributed by atoms with Crippen molar-refractivity contribution in [1.29, 1.82) is 0 Å². The van der Waals surface area contributed by atoms with E-state index in [1.54, 1.807) is 0 Å². The predicted molar refractivity (Wildman–Crippen MR) is 54.7 cm³/mol. The molecule has 0 aromatic heterocycles. The van der Waals surface area contributed by atoms with E-state index in [9.17, 15) is 5.11 Å². The van der Waals surface area contributed by atoms with Gasteiger partial charge in [0.25, 0.3) is 0 Å². The first-order chi connectivity index (χ1) is 5.53. The van der Waals surface area contributed by atoms with Crippen LogP contribution in [0.2, 0.25) is 0 Å². The average Bonchev–Trinajstić information content (AvgIpc) is 2.30. The van der Waals surface area contributed by atoms with Crippen LogP contribution in [-0.4, -0.2) is 41.0 Å². The van der Waals surface area contributed by atoms with E-state index in [1.165, 1.54) is 0 Å². The summed E-state index contributed by atoms with van der Waals surface area (Å²) >= 11 is 4.14. The lowest BCUT2D eigenvalue weighted by Crippen LogP contribution is -2.30. The number of hydrogen-bond acceptors (Lipinski definition) is 3. The van der Waals surface area contributed by atoms with Crippen molar-refractivity contribution in [2.75, 3.05) is 25.4 Å². The third-order valence-corrected chi connectivity index (χ3v) is 2.65. The molecule has 0 spiro atoms. The van der Waals surface area contributed by atoms with E-state index in [1.807, 2.05) is 6.92 Å². The lowest BCUT2D eigenvalue weighted by molar-refractivity contribution is 0.0700. The Hall–Kier alpha value is 0.01000. The van der Waals surface area contributed by atoms with Crippen LogP contribution in [0, 0.1) is 0 Å². The Bertz CT molecular complexity index is 179. The fourth-order valence-electron chi connectivity index (χ4n) is 1.54. The van der Waals surface area contributed by atoms with Crippen LogP contribution < -0.4 is 0 Å². The molecule has 70 valence electrons. The molecule has 12 heavy (non-hydrogen) atoms. The van der Waals surface area contributed by atoms with Crippen molar-refractivity contribution in [1.82, 2.24) is 4.90 Å². The fourth-order valence-corrected chi connectivity index (χ4v) is 1.64. The van der Waals surface area contributed by atoms with Crippen molar-refractivity contribution >= 4 is 12.6 Å². The summed E-state index contributed by atoms with van der Waals surface area (Å²) < 4.78 is 0. The van der Waals surface area contributed by atoms with Gasteiger partial charge in [-0.3, -0.25) is 4.90 Å². The second-order valence-corrected chi connectivity index (χ2v) is 4.18. The quantitative estimate of drug-likeness (QED) is 0.507. The predicted octanol–water partition coefficient (Wildman–Crippen LogP) is 0.929. The topological polar surface area (TPSA) is 23.5 Å². The number of rotatable bonds is 3. The maximum Gasteiger partial charge on any atom is 0.0758 e. The monoisotopic (exact) mass is 187 g/mol. The van der Waals surface area contributed by atoms with E-state index in [2.05, 4.69) is 24.1 Å². The van der Waals surface area contributed by atoms with Crippen LogP contribution in [0.25, 0.3) is 0 Å². The minimum absolute atomic E-state index is 0.489. The van der Waals surface area contributed by atoms with E-state index in [4.69, 9.17) is 0 Å². The molecule has 0 saturated carbocycles. The smallest absolute Gasteiger partial charge is 0.0758 e. The van der Waals surface area contributed by atoms with E-state index in [0.29, 0.717) is 0 Å². The Morgan fingerprint density at radius 3 is 2.83 bits per heavy atom. The summed E-state index contributed by atoms with van der Waals surface area (Å²) in [5, 5.41) is 9.66. The molecule has 0 radical (unpaired) electrons. The van der Waals surface area contributed by atoms with Gasteiger partial charge in [0.1, 0.15) is 0 Å². The summed E-state index contributed by atoms with van der Waals surface area (Å²) in [6.45, 7) is 8.38. The maximum atomic E-state index is 9.66. The standard InChI is InChI=1S/C9H17NOS/c1-8(6-12)5-10-4-3-9(2,11)7-10/h11-12H,1,3-7H2,2H3. The lowest BCUT2D eigenvalue weighted by Gasteiger charge is -2.19. The van der Waals surface area contributed by atoms with Gasteiger partial charge in [-0.2, -0.15) is 12.6 Å². The molecule has 0 amide bonds. The Labute approximate surface area is 79.7 Å². The van der Waals surface area contributed by atoms with Crippen molar-refractivity contribution in [3.63, 3.8) is 0 Å². The van der Waals surface area contributed by atoms with Gasteiger partial charge >= 0.3 is 0 Å². The van der Waals surface area contributed by atoms with Crippen LogP contribution >= 0.6 is 12.6 Å². The lowest BCUT2D eigenvalue weighted by atomic mass is 10.1. The molecule has 1 fully saturated rings. The van der Waals surface area contributed by atoms with Gasteiger partial charge in [0.2, 0.25) is 0 Å². The average molecular weight is 187 g/mol. The van der Waals surface area contributed by atoms with Crippen molar-refractivity contribution in [2.45, 2.75) is 18.9 Å². The Balaban J connectivity index is 2.33. The van der Waals surface area contributed by atoms with Gasteiger partial charge < -0.3 is 5.11 Å².